The third-order valence-electron chi connectivity index (χ3n) is 5.98. The summed E-state index contributed by atoms with van der Waals surface area (Å²) in [5.74, 6) is -0.618. The molecule has 0 spiro atoms. The predicted molar refractivity (Wildman–Crippen MR) is 123 cm³/mol. The van der Waals surface area contributed by atoms with E-state index in [9.17, 15) is 18.0 Å². The van der Waals surface area contributed by atoms with E-state index in [1.807, 2.05) is 25.1 Å². The minimum absolute atomic E-state index is 0.0347. The Balaban J connectivity index is 1.67. The van der Waals surface area contributed by atoms with Crippen LogP contribution in [-0.2, 0) is 32.5 Å². The van der Waals surface area contributed by atoms with E-state index >= 15 is 0 Å². The molecule has 1 atom stereocenters. The highest BCUT2D eigenvalue weighted by atomic mass is 32.2. The summed E-state index contributed by atoms with van der Waals surface area (Å²) in [5.41, 5.74) is 1.98. The molecular formula is C23H26N2O5S2. The Morgan fingerprint density at radius 3 is 2.69 bits per heavy atom. The monoisotopic (exact) mass is 474 g/mol. The number of hydrogen-bond donors (Lipinski definition) is 1. The quantitative estimate of drug-likeness (QED) is 0.524. The Labute approximate surface area is 192 Å². The zero-order valence-electron chi connectivity index (χ0n) is 18.1. The summed E-state index contributed by atoms with van der Waals surface area (Å²) in [6.07, 6.45) is 7.03. The van der Waals surface area contributed by atoms with Gasteiger partial charge < -0.3 is 9.64 Å². The molecule has 2 heterocycles. The van der Waals surface area contributed by atoms with Crippen LogP contribution in [0, 0.1) is 12.8 Å². The van der Waals surface area contributed by atoms with E-state index in [4.69, 9.17) is 4.74 Å². The number of allylic oxidation sites excluding steroid dienone is 2. The van der Waals surface area contributed by atoms with Crippen LogP contribution in [0.2, 0.25) is 0 Å². The molecule has 4 rings (SSSR count). The lowest BCUT2D eigenvalue weighted by Gasteiger charge is -2.31. The number of fused-ring (bicyclic) bond motifs is 1. The molecule has 2 aliphatic rings. The van der Waals surface area contributed by atoms with Crippen LogP contribution in [0.4, 0.5) is 5.69 Å². The molecule has 2 aromatic rings. The lowest BCUT2D eigenvalue weighted by Crippen LogP contribution is -2.39. The second-order valence-electron chi connectivity index (χ2n) is 8.07. The maximum absolute atomic E-state index is 13.3. The normalized spacial score (nSPS) is 18.2. The van der Waals surface area contributed by atoms with Crippen molar-refractivity contribution < 1.29 is 22.7 Å². The fourth-order valence-electron chi connectivity index (χ4n) is 4.22. The number of sulfonamides is 1. The maximum Gasteiger partial charge on any atom is 0.340 e. The predicted octanol–water partition coefficient (Wildman–Crippen LogP) is 3.88. The molecule has 1 amide bonds. The van der Waals surface area contributed by atoms with Crippen LogP contribution in [0.1, 0.15) is 45.6 Å². The minimum atomic E-state index is -4.02. The molecule has 0 unspecified atom stereocenters. The Morgan fingerprint density at radius 2 is 2.00 bits per heavy atom. The van der Waals surface area contributed by atoms with Gasteiger partial charge >= 0.3 is 5.97 Å². The van der Waals surface area contributed by atoms with E-state index in [0.717, 1.165) is 41.0 Å². The fraction of sp³-hybridized carbons (Fsp3) is 0.391. The molecule has 7 nitrogen and oxygen atoms in total. The summed E-state index contributed by atoms with van der Waals surface area (Å²) in [6.45, 7) is 2.57. The third kappa shape index (κ3) is 4.31. The largest absolute Gasteiger partial charge is 0.465 e. The average Bonchev–Trinajstić information content (AvgIpc) is 3.20. The first kappa shape index (κ1) is 22.5. The zero-order chi connectivity index (χ0) is 22.9. The average molecular weight is 475 g/mol. The number of benzene rings is 1. The van der Waals surface area contributed by atoms with Crippen molar-refractivity contribution in [3.63, 3.8) is 0 Å². The van der Waals surface area contributed by atoms with Gasteiger partial charge in [-0.15, -0.1) is 11.3 Å². The van der Waals surface area contributed by atoms with Crippen LogP contribution < -0.4 is 4.72 Å². The third-order valence-corrected chi connectivity index (χ3v) is 9.08. The van der Waals surface area contributed by atoms with E-state index in [0.29, 0.717) is 30.8 Å². The van der Waals surface area contributed by atoms with Gasteiger partial charge in [0.25, 0.3) is 10.0 Å². The summed E-state index contributed by atoms with van der Waals surface area (Å²) in [4.78, 5) is 28.1. The first-order valence-electron chi connectivity index (χ1n) is 10.6. The minimum Gasteiger partial charge on any atom is -0.465 e. The Hall–Kier alpha value is -2.65. The van der Waals surface area contributed by atoms with Crippen molar-refractivity contribution >= 4 is 38.9 Å². The van der Waals surface area contributed by atoms with E-state index in [1.165, 1.54) is 7.11 Å². The molecule has 0 saturated heterocycles. The number of carbonyl (C=O) groups excluding carboxylic acids is 2. The highest BCUT2D eigenvalue weighted by molar-refractivity contribution is 7.94. The van der Waals surface area contributed by atoms with Gasteiger partial charge in [-0.1, -0.05) is 30.4 Å². The molecule has 0 fully saturated rings. The van der Waals surface area contributed by atoms with Gasteiger partial charge in [0, 0.05) is 17.3 Å². The number of carbonyl (C=O) groups is 2. The van der Waals surface area contributed by atoms with Gasteiger partial charge in [-0.2, -0.15) is 0 Å². The Kier molecular flexibility index (Phi) is 6.39. The maximum atomic E-state index is 13.3. The SMILES string of the molecule is COC(=O)c1c(S(=O)(=O)Nc2ccccc2C)sc2c1CCN(C(=O)[C@@H]1CC=CCC1)C2. The smallest absolute Gasteiger partial charge is 0.340 e. The van der Waals surface area contributed by atoms with Crippen LogP contribution in [0.25, 0.3) is 0 Å². The van der Waals surface area contributed by atoms with Gasteiger partial charge in [0.15, 0.2) is 4.21 Å². The summed E-state index contributed by atoms with van der Waals surface area (Å²) in [6, 6.07) is 7.06. The number of anilines is 1. The number of ether oxygens (including phenoxy) is 1. The number of nitrogens with one attached hydrogen (secondary N) is 1. The summed E-state index contributed by atoms with van der Waals surface area (Å²) in [5, 5.41) is 0. The Bertz CT molecular complexity index is 1180. The highest BCUT2D eigenvalue weighted by Gasteiger charge is 2.36. The van der Waals surface area contributed by atoms with Crippen molar-refractivity contribution in [3.8, 4) is 0 Å². The highest BCUT2D eigenvalue weighted by Crippen LogP contribution is 2.38. The van der Waals surface area contributed by atoms with Crippen molar-refractivity contribution in [2.75, 3.05) is 18.4 Å². The molecule has 0 saturated carbocycles. The Morgan fingerprint density at radius 1 is 1.22 bits per heavy atom. The van der Waals surface area contributed by atoms with Crippen molar-refractivity contribution in [3.05, 3.63) is 58.0 Å². The van der Waals surface area contributed by atoms with Crippen LogP contribution in [0.15, 0.2) is 40.6 Å². The van der Waals surface area contributed by atoms with Crippen molar-refractivity contribution in [2.24, 2.45) is 5.92 Å². The molecular weight excluding hydrogens is 448 g/mol. The lowest BCUT2D eigenvalue weighted by molar-refractivity contribution is -0.136. The van der Waals surface area contributed by atoms with Gasteiger partial charge in [-0.05, 0) is 49.8 Å². The number of methoxy groups -OCH3 is 1. The second-order valence-corrected chi connectivity index (χ2v) is 11.1. The zero-order valence-corrected chi connectivity index (χ0v) is 19.7. The van der Waals surface area contributed by atoms with Crippen LogP contribution in [0.5, 0.6) is 0 Å². The summed E-state index contributed by atoms with van der Waals surface area (Å²) < 4.78 is 34.0. The molecule has 170 valence electrons. The standard InChI is InChI=1S/C23H26N2O5S2/c1-15-8-6-7-11-18(15)24-32(28,29)23-20(22(27)30-2)17-12-13-25(14-19(17)31-23)21(26)16-9-4-3-5-10-16/h3-4,6-8,11,16,24H,5,9-10,12-14H2,1-2H3/t16-/m1/s1. The van der Waals surface area contributed by atoms with E-state index < -0.39 is 16.0 Å². The van der Waals surface area contributed by atoms with E-state index in [2.05, 4.69) is 10.8 Å². The van der Waals surface area contributed by atoms with Gasteiger partial charge in [0.05, 0.1) is 24.9 Å². The first-order chi connectivity index (χ1) is 15.3. The van der Waals surface area contributed by atoms with Crippen LogP contribution in [0.3, 0.4) is 0 Å². The van der Waals surface area contributed by atoms with Gasteiger partial charge in [-0.3, -0.25) is 9.52 Å². The molecule has 32 heavy (non-hydrogen) atoms. The van der Waals surface area contributed by atoms with Gasteiger partial charge in [0.1, 0.15) is 0 Å². The molecule has 1 aromatic heterocycles. The molecule has 0 radical (unpaired) electrons. The van der Waals surface area contributed by atoms with Crippen LogP contribution in [-0.4, -0.2) is 38.8 Å². The first-order valence-corrected chi connectivity index (χ1v) is 12.9. The molecule has 1 aromatic carbocycles. The summed E-state index contributed by atoms with van der Waals surface area (Å²) in [7, 11) is -2.78. The summed E-state index contributed by atoms with van der Waals surface area (Å²) >= 11 is 1.05. The fourth-order valence-corrected chi connectivity index (χ4v) is 7.25. The molecule has 1 aliphatic heterocycles. The number of esters is 1. The number of aryl methyl sites for hydroxylation is 1. The van der Waals surface area contributed by atoms with Crippen molar-refractivity contribution in [2.45, 2.75) is 43.4 Å². The topological polar surface area (TPSA) is 92.8 Å². The lowest BCUT2D eigenvalue weighted by atomic mass is 9.92. The number of para-hydroxylation sites is 1. The number of hydrogen-bond acceptors (Lipinski definition) is 6. The van der Waals surface area contributed by atoms with Crippen LogP contribution >= 0.6 is 11.3 Å². The van der Waals surface area contributed by atoms with Crippen molar-refractivity contribution in [1.29, 1.82) is 0 Å². The second kappa shape index (κ2) is 9.07. The number of nitrogens with zero attached hydrogens (tertiary/aromatic N) is 1. The number of thiophene rings is 1. The molecule has 1 N–H and O–H groups in total. The molecule has 9 heteroatoms. The molecule has 1 aliphatic carbocycles. The van der Waals surface area contributed by atoms with E-state index in [-0.39, 0.29) is 21.6 Å². The van der Waals surface area contributed by atoms with E-state index in [1.54, 1.807) is 17.0 Å². The number of amides is 1. The van der Waals surface area contributed by atoms with Crippen molar-refractivity contribution in [1.82, 2.24) is 4.90 Å². The number of rotatable bonds is 5. The van der Waals surface area contributed by atoms with Gasteiger partial charge in [-0.25, -0.2) is 13.2 Å². The van der Waals surface area contributed by atoms with Gasteiger partial charge in [0.2, 0.25) is 5.91 Å². The molecule has 0 bridgehead atoms.